The summed E-state index contributed by atoms with van der Waals surface area (Å²) in [6.45, 7) is -0.106. The van der Waals surface area contributed by atoms with Crippen molar-refractivity contribution in [2.75, 3.05) is 6.61 Å². The molecule has 3 nitrogen and oxygen atoms in total. The van der Waals surface area contributed by atoms with Crippen LogP contribution < -0.4 is 0 Å². The maximum absolute atomic E-state index is 8.35. The van der Waals surface area contributed by atoms with Gasteiger partial charge in [-0.1, -0.05) is 5.92 Å². The molecule has 0 radical (unpaired) electrons. The zero-order valence-electron chi connectivity index (χ0n) is 5.70. The molecule has 0 unspecified atom stereocenters. The van der Waals surface area contributed by atoms with Crippen LogP contribution in [-0.4, -0.2) is 21.3 Å². The van der Waals surface area contributed by atoms with E-state index >= 15 is 0 Å². The molecule has 0 amide bonds. The van der Waals surface area contributed by atoms with Crippen molar-refractivity contribution in [3.63, 3.8) is 0 Å². The van der Waals surface area contributed by atoms with Crippen LogP contribution in [0.5, 0.6) is 0 Å². The predicted molar refractivity (Wildman–Crippen MR) is 37.2 cm³/mol. The van der Waals surface area contributed by atoms with E-state index in [1.54, 1.807) is 17.1 Å². The van der Waals surface area contributed by atoms with Crippen LogP contribution in [0, 0.1) is 11.8 Å². The lowest BCUT2D eigenvalue weighted by atomic mass is 10.4. The summed E-state index contributed by atoms with van der Waals surface area (Å²) in [5.41, 5.74) is 0.814. The van der Waals surface area contributed by atoms with Crippen LogP contribution in [0.4, 0.5) is 0 Å². The Labute approximate surface area is 59.3 Å². The molecule has 0 saturated carbocycles. The Morgan fingerprint density at radius 2 is 2.60 bits per heavy atom. The lowest BCUT2D eigenvalue weighted by Gasteiger charge is -1.88. The smallest absolute Gasteiger partial charge is 0.111 e. The minimum Gasteiger partial charge on any atom is -0.384 e. The predicted octanol–water partition coefficient (Wildman–Crippen LogP) is -0.236. The average Bonchev–Trinajstić information content (AvgIpc) is 2.31. The molecule has 1 heterocycles. The third-order valence-corrected chi connectivity index (χ3v) is 1.11. The molecule has 0 aromatic carbocycles. The van der Waals surface area contributed by atoms with Gasteiger partial charge in [-0.3, -0.25) is 0 Å². The number of rotatable bonds is 0. The molecule has 0 aliphatic carbocycles. The van der Waals surface area contributed by atoms with Gasteiger partial charge in [0.25, 0.3) is 0 Å². The van der Waals surface area contributed by atoms with Gasteiger partial charge in [-0.2, -0.15) is 0 Å². The highest BCUT2D eigenvalue weighted by Crippen LogP contribution is 1.90. The Balaban J connectivity index is 2.84. The van der Waals surface area contributed by atoms with Gasteiger partial charge in [0, 0.05) is 7.05 Å². The lowest BCUT2D eigenvalue weighted by Crippen LogP contribution is -1.88. The minimum absolute atomic E-state index is 0.106. The van der Waals surface area contributed by atoms with Gasteiger partial charge in [0.1, 0.15) is 12.3 Å². The molecule has 0 saturated heterocycles. The van der Waals surface area contributed by atoms with Crippen molar-refractivity contribution in [2.24, 2.45) is 7.05 Å². The number of hydrogen-bond donors (Lipinski definition) is 1. The number of hydrogen-bond acceptors (Lipinski definition) is 2. The molecule has 0 fully saturated rings. The van der Waals surface area contributed by atoms with Gasteiger partial charge in [-0.05, 0) is 5.92 Å². The van der Waals surface area contributed by atoms with Crippen LogP contribution in [0.2, 0.25) is 0 Å². The Bertz CT molecular complexity index is 267. The summed E-state index contributed by atoms with van der Waals surface area (Å²) < 4.78 is 1.79. The minimum atomic E-state index is -0.106. The third kappa shape index (κ3) is 1.36. The lowest BCUT2D eigenvalue weighted by molar-refractivity contribution is 0.350. The molecule has 52 valence electrons. The summed E-state index contributed by atoms with van der Waals surface area (Å²) in [6.07, 6.45) is 3.32. The van der Waals surface area contributed by atoms with Gasteiger partial charge < -0.3 is 9.67 Å². The van der Waals surface area contributed by atoms with Crippen LogP contribution in [-0.2, 0) is 7.05 Å². The van der Waals surface area contributed by atoms with Crippen molar-refractivity contribution in [1.82, 2.24) is 9.55 Å². The topological polar surface area (TPSA) is 38.0 Å². The highest BCUT2D eigenvalue weighted by atomic mass is 16.2. The van der Waals surface area contributed by atoms with Crippen LogP contribution in [0.25, 0.3) is 0 Å². The number of aliphatic hydroxyl groups is 1. The summed E-state index contributed by atoms with van der Waals surface area (Å²) in [6, 6.07) is 0. The molecule has 1 aromatic rings. The van der Waals surface area contributed by atoms with Crippen molar-refractivity contribution in [2.45, 2.75) is 0 Å². The van der Waals surface area contributed by atoms with E-state index in [4.69, 9.17) is 5.11 Å². The Hall–Kier alpha value is -1.27. The van der Waals surface area contributed by atoms with E-state index in [1.165, 1.54) is 0 Å². The average molecular weight is 136 g/mol. The molecule has 1 aromatic heterocycles. The molecule has 0 bridgehead atoms. The second kappa shape index (κ2) is 3.04. The van der Waals surface area contributed by atoms with Crippen LogP contribution >= 0.6 is 0 Å². The van der Waals surface area contributed by atoms with Gasteiger partial charge in [-0.15, -0.1) is 0 Å². The van der Waals surface area contributed by atoms with E-state index in [2.05, 4.69) is 16.8 Å². The largest absolute Gasteiger partial charge is 0.384 e. The molecule has 0 aliphatic heterocycles. The fourth-order valence-electron chi connectivity index (χ4n) is 0.608. The summed E-state index contributed by atoms with van der Waals surface area (Å²) in [4.78, 5) is 3.85. The fourth-order valence-corrected chi connectivity index (χ4v) is 0.608. The number of aromatic nitrogens is 2. The second-order valence-corrected chi connectivity index (χ2v) is 1.85. The second-order valence-electron chi connectivity index (χ2n) is 1.85. The summed E-state index contributed by atoms with van der Waals surface area (Å²) in [5.74, 6) is 5.28. The zero-order chi connectivity index (χ0) is 7.40. The highest BCUT2D eigenvalue weighted by Gasteiger charge is 1.89. The number of imidazole rings is 1. The van der Waals surface area contributed by atoms with Crippen molar-refractivity contribution in [3.05, 3.63) is 18.2 Å². The fraction of sp³-hybridized carbons (Fsp3) is 0.286. The molecule has 1 N–H and O–H groups in total. The monoisotopic (exact) mass is 136 g/mol. The summed E-state index contributed by atoms with van der Waals surface area (Å²) in [7, 11) is 1.86. The normalized spacial score (nSPS) is 8.60. The van der Waals surface area contributed by atoms with E-state index < -0.39 is 0 Å². The molecule has 0 aliphatic rings. The van der Waals surface area contributed by atoms with Crippen molar-refractivity contribution >= 4 is 0 Å². The van der Waals surface area contributed by atoms with E-state index in [1.807, 2.05) is 7.05 Å². The molecule has 10 heavy (non-hydrogen) atoms. The van der Waals surface area contributed by atoms with Crippen molar-refractivity contribution < 1.29 is 5.11 Å². The molecular weight excluding hydrogens is 128 g/mol. The summed E-state index contributed by atoms with van der Waals surface area (Å²) in [5, 5.41) is 8.35. The number of aryl methyl sites for hydroxylation is 1. The first-order valence-electron chi connectivity index (χ1n) is 2.90. The Morgan fingerprint density at radius 3 is 3.10 bits per heavy atom. The van der Waals surface area contributed by atoms with Crippen molar-refractivity contribution in [1.29, 1.82) is 0 Å². The van der Waals surface area contributed by atoms with Gasteiger partial charge in [0.05, 0.1) is 12.5 Å². The molecule has 0 spiro atoms. The highest BCUT2D eigenvalue weighted by molar-refractivity contribution is 5.25. The van der Waals surface area contributed by atoms with Gasteiger partial charge >= 0.3 is 0 Å². The standard InChI is InChI=1S/C7H8N2O/c1-9-6-8-5-7(9)3-2-4-10/h5-6,10H,4H2,1H3. The van der Waals surface area contributed by atoms with E-state index in [0.717, 1.165) is 5.69 Å². The van der Waals surface area contributed by atoms with Crippen LogP contribution in [0.15, 0.2) is 12.5 Å². The first kappa shape index (κ1) is 6.84. The first-order valence-corrected chi connectivity index (χ1v) is 2.90. The number of nitrogens with zero attached hydrogens (tertiary/aromatic N) is 2. The Morgan fingerprint density at radius 1 is 1.80 bits per heavy atom. The zero-order valence-corrected chi connectivity index (χ0v) is 5.70. The third-order valence-electron chi connectivity index (χ3n) is 1.11. The van der Waals surface area contributed by atoms with Crippen LogP contribution in [0.1, 0.15) is 5.69 Å². The van der Waals surface area contributed by atoms with Gasteiger partial charge in [-0.25, -0.2) is 4.98 Å². The molecule has 1 rings (SSSR count). The quantitative estimate of drug-likeness (QED) is 0.500. The summed E-state index contributed by atoms with van der Waals surface area (Å²) >= 11 is 0. The first-order chi connectivity index (χ1) is 4.84. The van der Waals surface area contributed by atoms with Crippen molar-refractivity contribution in [3.8, 4) is 11.8 Å². The van der Waals surface area contributed by atoms with Gasteiger partial charge in [0.15, 0.2) is 0 Å². The maximum Gasteiger partial charge on any atom is 0.111 e. The SMILES string of the molecule is Cn1cncc1C#CCO. The Kier molecular flexibility index (Phi) is 2.08. The maximum atomic E-state index is 8.35. The van der Waals surface area contributed by atoms with E-state index in [9.17, 15) is 0 Å². The van der Waals surface area contributed by atoms with E-state index in [0.29, 0.717) is 0 Å². The van der Waals surface area contributed by atoms with Gasteiger partial charge in [0.2, 0.25) is 0 Å². The molecule has 0 atom stereocenters. The molecule has 3 heteroatoms. The van der Waals surface area contributed by atoms with Crippen LogP contribution in [0.3, 0.4) is 0 Å². The molecular formula is C7H8N2O. The van der Waals surface area contributed by atoms with E-state index in [-0.39, 0.29) is 6.61 Å². The number of aliphatic hydroxyl groups excluding tert-OH is 1.